The molecule has 0 radical (unpaired) electrons. The maximum Gasteiger partial charge on any atom is 0.0463 e. The molecular formula is C12H17N. The largest absolute Gasteiger partial charge is 0.348 e. The van der Waals surface area contributed by atoms with Crippen LogP contribution in [0.5, 0.6) is 0 Å². The van der Waals surface area contributed by atoms with E-state index in [1.165, 1.54) is 0 Å². The Labute approximate surface area is 80.7 Å². The van der Waals surface area contributed by atoms with Gasteiger partial charge in [-0.3, -0.25) is 0 Å². The second-order valence-electron chi connectivity index (χ2n) is 4.16. The summed E-state index contributed by atoms with van der Waals surface area (Å²) in [6.07, 6.45) is 9.05. The van der Waals surface area contributed by atoms with Crippen LogP contribution in [0.4, 0.5) is 0 Å². The van der Waals surface area contributed by atoms with Gasteiger partial charge in [-0.2, -0.15) is 0 Å². The lowest BCUT2D eigenvalue weighted by Gasteiger charge is -2.25. The molecule has 0 unspecified atom stereocenters. The molecule has 0 saturated heterocycles. The van der Waals surface area contributed by atoms with Crippen molar-refractivity contribution in [1.29, 1.82) is 0 Å². The van der Waals surface area contributed by atoms with Crippen molar-refractivity contribution in [1.82, 2.24) is 4.90 Å². The second kappa shape index (κ2) is 3.68. The molecule has 0 atom stereocenters. The van der Waals surface area contributed by atoms with Crippen LogP contribution >= 0.6 is 0 Å². The molecule has 0 N–H and O–H groups in total. The monoisotopic (exact) mass is 175 g/mol. The third-order valence-corrected chi connectivity index (χ3v) is 2.17. The average molecular weight is 175 g/mol. The van der Waals surface area contributed by atoms with Gasteiger partial charge in [0.15, 0.2) is 0 Å². The van der Waals surface area contributed by atoms with Crippen molar-refractivity contribution in [2.45, 2.75) is 20.3 Å². The van der Waals surface area contributed by atoms with Crippen molar-refractivity contribution in [3.63, 3.8) is 0 Å². The fourth-order valence-corrected chi connectivity index (χ4v) is 1.32. The first kappa shape index (κ1) is 9.88. The Bertz CT molecular complexity index is 288. The Balaban J connectivity index is 2.95. The van der Waals surface area contributed by atoms with Gasteiger partial charge >= 0.3 is 0 Å². The zero-order chi connectivity index (χ0) is 9.90. The Morgan fingerprint density at radius 1 is 1.54 bits per heavy atom. The van der Waals surface area contributed by atoms with Gasteiger partial charge in [0.1, 0.15) is 0 Å². The number of allylic oxidation sites excluding steroid dienone is 4. The summed E-state index contributed by atoms with van der Waals surface area (Å²) in [5.41, 5.74) is 4.38. The molecule has 13 heavy (non-hydrogen) atoms. The van der Waals surface area contributed by atoms with E-state index in [4.69, 9.17) is 0 Å². The Kier molecular flexibility index (Phi) is 2.79. The van der Waals surface area contributed by atoms with E-state index < -0.39 is 0 Å². The molecule has 1 aliphatic heterocycles. The van der Waals surface area contributed by atoms with E-state index in [1.807, 2.05) is 30.3 Å². The molecule has 0 fully saturated rings. The fourth-order valence-electron chi connectivity index (χ4n) is 1.32. The molecule has 1 nitrogen and oxygen atoms in total. The van der Waals surface area contributed by atoms with E-state index in [0.29, 0.717) is 0 Å². The normalized spacial score (nSPS) is 23.6. The highest BCUT2D eigenvalue weighted by Crippen LogP contribution is 2.27. The molecule has 1 heterocycles. The SMILES string of the molecule is C=C1CC(C)(C)/C=C\C=C=CN1C. The first-order chi connectivity index (χ1) is 6.01. The van der Waals surface area contributed by atoms with Crippen LogP contribution in [0.15, 0.2) is 42.4 Å². The zero-order valence-corrected chi connectivity index (χ0v) is 8.67. The van der Waals surface area contributed by atoms with Crippen molar-refractivity contribution in [3.05, 3.63) is 42.4 Å². The molecule has 0 aliphatic carbocycles. The molecule has 1 aliphatic rings. The third-order valence-electron chi connectivity index (χ3n) is 2.17. The van der Waals surface area contributed by atoms with E-state index in [0.717, 1.165) is 12.1 Å². The third kappa shape index (κ3) is 2.96. The molecule has 1 rings (SSSR count). The lowest BCUT2D eigenvalue weighted by atomic mass is 9.87. The first-order valence-electron chi connectivity index (χ1n) is 4.52. The topological polar surface area (TPSA) is 3.24 Å². The van der Waals surface area contributed by atoms with Crippen LogP contribution in [-0.2, 0) is 0 Å². The number of hydrogen-bond donors (Lipinski definition) is 0. The Morgan fingerprint density at radius 3 is 2.92 bits per heavy atom. The fraction of sp³-hybridized carbons (Fsp3) is 0.417. The summed E-state index contributed by atoms with van der Waals surface area (Å²) in [6.45, 7) is 8.46. The van der Waals surface area contributed by atoms with Crippen molar-refractivity contribution < 1.29 is 0 Å². The van der Waals surface area contributed by atoms with Crippen molar-refractivity contribution in [3.8, 4) is 0 Å². The molecule has 0 aromatic rings. The number of nitrogens with zero attached hydrogens (tertiary/aromatic N) is 1. The van der Waals surface area contributed by atoms with Crippen LogP contribution in [-0.4, -0.2) is 11.9 Å². The lowest BCUT2D eigenvalue weighted by molar-refractivity contribution is 0.415. The van der Waals surface area contributed by atoms with Crippen molar-refractivity contribution in [2.24, 2.45) is 5.41 Å². The molecule has 0 spiro atoms. The van der Waals surface area contributed by atoms with Gasteiger partial charge in [0, 0.05) is 18.9 Å². The van der Waals surface area contributed by atoms with E-state index in [-0.39, 0.29) is 5.41 Å². The summed E-state index contributed by atoms with van der Waals surface area (Å²) in [7, 11) is 2.00. The van der Waals surface area contributed by atoms with Crippen LogP contribution in [0.1, 0.15) is 20.3 Å². The zero-order valence-electron chi connectivity index (χ0n) is 8.67. The van der Waals surface area contributed by atoms with Crippen molar-refractivity contribution in [2.75, 3.05) is 7.05 Å². The quantitative estimate of drug-likeness (QED) is 0.511. The summed E-state index contributed by atoms with van der Waals surface area (Å²) in [6, 6.07) is 0. The molecule has 0 aromatic heterocycles. The second-order valence-corrected chi connectivity index (χ2v) is 4.16. The van der Waals surface area contributed by atoms with Gasteiger partial charge in [0.05, 0.1) is 0 Å². The molecule has 0 saturated carbocycles. The van der Waals surface area contributed by atoms with E-state index in [9.17, 15) is 0 Å². The smallest absolute Gasteiger partial charge is 0.0463 e. The molecule has 0 aromatic carbocycles. The first-order valence-corrected chi connectivity index (χ1v) is 4.52. The van der Waals surface area contributed by atoms with E-state index >= 15 is 0 Å². The van der Waals surface area contributed by atoms with Crippen molar-refractivity contribution >= 4 is 0 Å². The summed E-state index contributed by atoms with van der Waals surface area (Å²) < 4.78 is 0. The van der Waals surface area contributed by atoms with Gasteiger partial charge in [-0.15, -0.1) is 5.73 Å². The van der Waals surface area contributed by atoms with Gasteiger partial charge in [0.25, 0.3) is 0 Å². The molecule has 1 heteroatoms. The minimum Gasteiger partial charge on any atom is -0.348 e. The summed E-state index contributed by atoms with van der Waals surface area (Å²) in [5.74, 6) is 0. The van der Waals surface area contributed by atoms with Crippen LogP contribution in [0.25, 0.3) is 0 Å². The summed E-state index contributed by atoms with van der Waals surface area (Å²) >= 11 is 0. The number of hydrogen-bond acceptors (Lipinski definition) is 1. The van der Waals surface area contributed by atoms with Crippen LogP contribution in [0, 0.1) is 5.41 Å². The summed E-state index contributed by atoms with van der Waals surface area (Å²) in [4.78, 5) is 2.02. The van der Waals surface area contributed by atoms with Gasteiger partial charge in [0.2, 0.25) is 0 Å². The highest BCUT2D eigenvalue weighted by Gasteiger charge is 2.16. The predicted octanol–water partition coefficient (Wildman–Crippen LogP) is 3.09. The molecule has 70 valence electrons. The van der Waals surface area contributed by atoms with E-state index in [2.05, 4.69) is 32.2 Å². The Morgan fingerprint density at radius 2 is 2.23 bits per heavy atom. The van der Waals surface area contributed by atoms with Crippen LogP contribution in [0.3, 0.4) is 0 Å². The predicted molar refractivity (Wildman–Crippen MR) is 57.1 cm³/mol. The molecule has 0 bridgehead atoms. The van der Waals surface area contributed by atoms with Crippen LogP contribution in [0.2, 0.25) is 0 Å². The van der Waals surface area contributed by atoms with Gasteiger partial charge < -0.3 is 4.90 Å². The van der Waals surface area contributed by atoms with E-state index in [1.54, 1.807) is 0 Å². The highest BCUT2D eigenvalue weighted by atomic mass is 15.1. The van der Waals surface area contributed by atoms with Gasteiger partial charge in [-0.1, -0.05) is 32.6 Å². The molecule has 0 amide bonds. The maximum atomic E-state index is 4.04. The van der Waals surface area contributed by atoms with Gasteiger partial charge in [-0.05, 0) is 17.9 Å². The molecular weight excluding hydrogens is 158 g/mol. The maximum absolute atomic E-state index is 4.04. The Hall–Kier alpha value is -1.20. The lowest BCUT2D eigenvalue weighted by Crippen LogP contribution is -2.16. The standard InChI is InChI=1S/C12H17N/c1-11-10-12(2,3)8-6-5-7-9-13(11)4/h5-6,8-9H,1,10H2,2-4H3/b8-6-. The van der Waals surface area contributed by atoms with Gasteiger partial charge in [-0.25, -0.2) is 0 Å². The summed E-state index contributed by atoms with van der Waals surface area (Å²) in [5, 5.41) is 0. The minimum absolute atomic E-state index is 0.182. The number of rotatable bonds is 0. The van der Waals surface area contributed by atoms with Crippen LogP contribution < -0.4 is 0 Å². The average Bonchev–Trinajstić information content (AvgIpc) is 2.05. The highest BCUT2D eigenvalue weighted by molar-refractivity contribution is 5.14. The minimum atomic E-state index is 0.182.